The average Bonchev–Trinajstić information content (AvgIpc) is 3.14. The molecule has 0 saturated carbocycles. The molecule has 0 fully saturated rings. The standard InChI is InChI=1S/C12H13ClN2O3.C10H9ClN2O3.C7H6Cl2N2O2.C5H8O/c1-2-18-12(17)11-10(13)9(14-8-15-11)6-4-3-5-7-16;11-8-7(4-2-1-3-5-14)12-6-13-9(8)10(15)16;1-2-13-7(12)5-4(8)6(9)11-3-10-5;1-2-3-4-5-6/h8,16H,2-3,5,7H2,1H3;6,14H,1,3,5H2,(H,15,16);3H,2H2,1H3;1,6H,3-5H2. The van der Waals surface area contributed by atoms with E-state index in [0.717, 1.165) is 19.1 Å². The minimum Gasteiger partial charge on any atom is -0.476 e. The molecular formula is C34H36Cl4N6O9. The highest BCUT2D eigenvalue weighted by molar-refractivity contribution is 6.42. The third-order valence-electron chi connectivity index (χ3n) is 5.28. The maximum Gasteiger partial charge on any atom is 0.358 e. The average molecular weight is 815 g/mol. The molecule has 0 bridgehead atoms. The van der Waals surface area contributed by atoms with Gasteiger partial charge in [-0.25, -0.2) is 44.3 Å². The van der Waals surface area contributed by atoms with E-state index in [1.54, 1.807) is 13.8 Å². The van der Waals surface area contributed by atoms with E-state index in [0.29, 0.717) is 32.1 Å². The highest BCUT2D eigenvalue weighted by atomic mass is 35.5. The van der Waals surface area contributed by atoms with Gasteiger partial charge in [0, 0.05) is 39.1 Å². The first-order valence-electron chi connectivity index (χ1n) is 15.4. The Bertz CT molecular complexity index is 1790. The summed E-state index contributed by atoms with van der Waals surface area (Å²) in [4.78, 5) is 55.6. The van der Waals surface area contributed by atoms with Gasteiger partial charge >= 0.3 is 17.9 Å². The number of carboxylic acids is 1. The van der Waals surface area contributed by atoms with Crippen LogP contribution < -0.4 is 0 Å². The monoisotopic (exact) mass is 812 g/mol. The molecule has 4 N–H and O–H groups in total. The summed E-state index contributed by atoms with van der Waals surface area (Å²) in [5.74, 6) is 10.9. The first kappa shape index (κ1) is 48.4. The van der Waals surface area contributed by atoms with Crippen molar-refractivity contribution in [3.05, 3.63) is 67.7 Å². The summed E-state index contributed by atoms with van der Waals surface area (Å²) >= 11 is 23.0. The van der Waals surface area contributed by atoms with Gasteiger partial charge in [-0.15, -0.1) is 12.3 Å². The van der Waals surface area contributed by atoms with Crippen molar-refractivity contribution in [2.24, 2.45) is 0 Å². The van der Waals surface area contributed by atoms with Crippen molar-refractivity contribution in [1.82, 2.24) is 29.9 Å². The fourth-order valence-corrected chi connectivity index (χ4v) is 3.66. The molecule has 0 aliphatic carbocycles. The highest BCUT2D eigenvalue weighted by Gasteiger charge is 2.17. The van der Waals surface area contributed by atoms with Crippen molar-refractivity contribution < 1.29 is 44.3 Å². The summed E-state index contributed by atoms with van der Waals surface area (Å²) in [7, 11) is 0. The molecule has 3 aromatic heterocycles. The Morgan fingerprint density at radius 1 is 0.642 bits per heavy atom. The SMILES string of the molecule is C#CCCCO.CCOC(=O)c1ncnc(C#CCCCO)c1Cl.CCOC(=O)c1ncnc(Cl)c1Cl.O=C(O)c1ncnc(C#CCCCO)c1Cl. The number of aromatic carboxylic acids is 1. The van der Waals surface area contributed by atoms with E-state index in [4.69, 9.17) is 82.7 Å². The summed E-state index contributed by atoms with van der Waals surface area (Å²) in [6.07, 6.45) is 11.9. The third-order valence-corrected chi connectivity index (χ3v) is 6.74. The predicted molar refractivity (Wildman–Crippen MR) is 197 cm³/mol. The van der Waals surface area contributed by atoms with Gasteiger partial charge in [-0.1, -0.05) is 58.2 Å². The van der Waals surface area contributed by atoms with E-state index in [-0.39, 0.29) is 81.7 Å². The van der Waals surface area contributed by atoms with Crippen LogP contribution >= 0.6 is 46.4 Å². The number of carboxylic acid groups (broad SMARTS) is 1. The third kappa shape index (κ3) is 19.7. The molecule has 53 heavy (non-hydrogen) atoms. The number of carbonyl (C=O) groups excluding carboxylic acids is 2. The Labute approximate surface area is 326 Å². The molecular weight excluding hydrogens is 778 g/mol. The zero-order valence-electron chi connectivity index (χ0n) is 28.6. The summed E-state index contributed by atoms with van der Waals surface area (Å²) in [5.41, 5.74) is 0.214. The number of nitrogens with zero attached hydrogens (tertiary/aromatic N) is 6. The molecule has 3 aromatic rings. The van der Waals surface area contributed by atoms with E-state index in [1.165, 1.54) is 6.33 Å². The van der Waals surface area contributed by atoms with E-state index < -0.39 is 17.9 Å². The molecule has 0 saturated heterocycles. The Kier molecular flexibility index (Phi) is 27.3. The van der Waals surface area contributed by atoms with Gasteiger partial charge in [0.2, 0.25) is 0 Å². The lowest BCUT2D eigenvalue weighted by atomic mass is 10.3. The lowest BCUT2D eigenvalue weighted by Crippen LogP contribution is -2.09. The lowest BCUT2D eigenvalue weighted by Gasteiger charge is -2.03. The molecule has 0 spiro atoms. The second-order valence-electron chi connectivity index (χ2n) is 9.13. The van der Waals surface area contributed by atoms with E-state index in [1.807, 2.05) is 0 Å². The number of rotatable bonds is 11. The zero-order valence-corrected chi connectivity index (χ0v) is 31.6. The smallest absolute Gasteiger partial charge is 0.358 e. The summed E-state index contributed by atoms with van der Waals surface area (Å²) < 4.78 is 9.50. The van der Waals surface area contributed by atoms with Crippen LogP contribution in [0.25, 0.3) is 0 Å². The lowest BCUT2D eigenvalue weighted by molar-refractivity contribution is 0.0510. The van der Waals surface area contributed by atoms with Crippen LogP contribution in [0.15, 0.2) is 19.0 Å². The van der Waals surface area contributed by atoms with Gasteiger partial charge in [0.25, 0.3) is 0 Å². The molecule has 0 aromatic carbocycles. The van der Waals surface area contributed by atoms with Crippen LogP contribution in [0, 0.1) is 36.0 Å². The van der Waals surface area contributed by atoms with E-state index >= 15 is 0 Å². The number of aliphatic hydroxyl groups is 3. The van der Waals surface area contributed by atoms with Crippen LogP contribution in [0.1, 0.15) is 95.2 Å². The number of unbranched alkanes of at least 4 members (excludes halogenated alkanes) is 3. The second kappa shape index (κ2) is 29.9. The number of aliphatic hydroxyl groups excluding tert-OH is 3. The minimum atomic E-state index is -1.22. The quantitative estimate of drug-likeness (QED) is 0.0888. The van der Waals surface area contributed by atoms with Gasteiger partial charge in [0.1, 0.15) is 45.4 Å². The van der Waals surface area contributed by atoms with Crippen LogP contribution in [0.4, 0.5) is 0 Å². The minimum absolute atomic E-state index is 0.0106. The van der Waals surface area contributed by atoms with Gasteiger partial charge in [0.15, 0.2) is 22.2 Å². The Morgan fingerprint density at radius 3 is 1.43 bits per heavy atom. The van der Waals surface area contributed by atoms with Crippen molar-refractivity contribution in [1.29, 1.82) is 0 Å². The maximum absolute atomic E-state index is 11.5. The summed E-state index contributed by atoms with van der Waals surface area (Å²) in [6, 6.07) is 0. The topological polar surface area (TPSA) is 228 Å². The van der Waals surface area contributed by atoms with Crippen LogP contribution in [0.5, 0.6) is 0 Å². The van der Waals surface area contributed by atoms with Crippen LogP contribution in [-0.4, -0.2) is 101 Å². The van der Waals surface area contributed by atoms with Crippen LogP contribution in [0.3, 0.4) is 0 Å². The zero-order chi connectivity index (χ0) is 40.0. The molecule has 0 aliphatic heterocycles. The number of hydrogen-bond donors (Lipinski definition) is 4. The van der Waals surface area contributed by atoms with Crippen molar-refractivity contribution >= 4 is 64.3 Å². The molecule has 19 heteroatoms. The van der Waals surface area contributed by atoms with Gasteiger partial charge in [-0.3, -0.25) is 0 Å². The van der Waals surface area contributed by atoms with Crippen LogP contribution in [0.2, 0.25) is 20.2 Å². The first-order valence-corrected chi connectivity index (χ1v) is 16.9. The predicted octanol–water partition coefficient (Wildman–Crippen LogP) is 4.74. The molecule has 284 valence electrons. The molecule has 0 aliphatic rings. The molecule has 3 rings (SSSR count). The van der Waals surface area contributed by atoms with Crippen molar-refractivity contribution in [2.45, 2.75) is 52.4 Å². The number of halogens is 4. The maximum atomic E-state index is 11.5. The van der Waals surface area contributed by atoms with Crippen molar-refractivity contribution in [2.75, 3.05) is 33.0 Å². The Hall–Kier alpha value is -4.63. The van der Waals surface area contributed by atoms with Gasteiger partial charge in [0.05, 0.1) is 13.2 Å². The first-order chi connectivity index (χ1) is 25.4. The molecule has 15 nitrogen and oxygen atoms in total. The Balaban J connectivity index is 0.000000717. The van der Waals surface area contributed by atoms with Crippen molar-refractivity contribution in [3.8, 4) is 36.0 Å². The number of esters is 2. The number of ether oxygens (including phenoxy) is 2. The highest BCUT2D eigenvalue weighted by Crippen LogP contribution is 2.22. The number of hydrogen-bond acceptors (Lipinski definition) is 14. The molecule has 0 radical (unpaired) electrons. The van der Waals surface area contributed by atoms with Crippen molar-refractivity contribution in [3.63, 3.8) is 0 Å². The number of aromatic nitrogens is 6. The normalized spacial score (nSPS) is 9.28. The molecule has 0 amide bonds. The second-order valence-corrected chi connectivity index (χ2v) is 10.6. The molecule has 0 atom stereocenters. The largest absolute Gasteiger partial charge is 0.476 e. The molecule has 0 unspecified atom stereocenters. The summed E-state index contributed by atoms with van der Waals surface area (Å²) in [6.45, 7) is 4.25. The van der Waals surface area contributed by atoms with E-state index in [2.05, 4.69) is 59.5 Å². The number of carbonyl (C=O) groups is 3. The Morgan fingerprint density at radius 2 is 1.04 bits per heavy atom. The fraction of sp³-hybridized carbons (Fsp3) is 0.382. The summed E-state index contributed by atoms with van der Waals surface area (Å²) in [5, 5.41) is 34.1. The fourth-order valence-electron chi connectivity index (χ4n) is 2.90. The van der Waals surface area contributed by atoms with Gasteiger partial charge < -0.3 is 29.9 Å². The number of terminal acetylenes is 1. The van der Waals surface area contributed by atoms with E-state index in [9.17, 15) is 14.4 Å². The molecule has 3 heterocycles. The van der Waals surface area contributed by atoms with Gasteiger partial charge in [-0.2, -0.15) is 0 Å². The van der Waals surface area contributed by atoms with Gasteiger partial charge in [-0.05, 0) is 45.0 Å². The van der Waals surface area contributed by atoms with Crippen LogP contribution in [-0.2, 0) is 9.47 Å².